The summed E-state index contributed by atoms with van der Waals surface area (Å²) in [6.45, 7) is 4.01. The SMILES string of the molecule is CCCCOc1cnc2c(N3CC(O)C3)nncc2c1. The molecule has 0 bridgehead atoms. The van der Waals surface area contributed by atoms with E-state index in [0.717, 1.165) is 35.3 Å². The standard InChI is InChI=1S/C14H18N4O2/c1-2-3-4-20-12-5-10-6-16-17-14(13(10)15-7-12)18-8-11(19)9-18/h5-7,11,19H,2-4,8-9H2,1H3. The quantitative estimate of drug-likeness (QED) is 0.831. The number of anilines is 1. The molecule has 0 atom stereocenters. The van der Waals surface area contributed by atoms with Crippen LogP contribution in [0.4, 0.5) is 5.82 Å². The fourth-order valence-electron chi connectivity index (χ4n) is 2.19. The Kier molecular flexibility index (Phi) is 3.64. The first kappa shape index (κ1) is 13.1. The minimum absolute atomic E-state index is 0.274. The van der Waals surface area contributed by atoms with Crippen LogP contribution < -0.4 is 9.64 Å². The molecule has 106 valence electrons. The maximum absolute atomic E-state index is 9.39. The molecule has 1 aliphatic heterocycles. The average molecular weight is 274 g/mol. The first-order valence-electron chi connectivity index (χ1n) is 6.95. The van der Waals surface area contributed by atoms with Crippen LogP contribution in [0.1, 0.15) is 19.8 Å². The molecule has 0 unspecified atom stereocenters. The molecule has 1 aliphatic rings. The molecule has 3 heterocycles. The van der Waals surface area contributed by atoms with E-state index in [0.29, 0.717) is 19.7 Å². The summed E-state index contributed by atoms with van der Waals surface area (Å²) in [5.74, 6) is 1.49. The summed E-state index contributed by atoms with van der Waals surface area (Å²) in [5, 5.41) is 18.4. The van der Waals surface area contributed by atoms with E-state index in [1.165, 1.54) is 0 Å². The second kappa shape index (κ2) is 5.58. The van der Waals surface area contributed by atoms with E-state index in [-0.39, 0.29) is 6.10 Å². The van der Waals surface area contributed by atoms with Gasteiger partial charge in [0, 0.05) is 18.5 Å². The van der Waals surface area contributed by atoms with Gasteiger partial charge >= 0.3 is 0 Å². The lowest BCUT2D eigenvalue weighted by Crippen LogP contribution is -2.51. The van der Waals surface area contributed by atoms with Gasteiger partial charge in [0.2, 0.25) is 0 Å². The summed E-state index contributed by atoms with van der Waals surface area (Å²) in [6.07, 6.45) is 5.27. The van der Waals surface area contributed by atoms with Gasteiger partial charge in [-0.15, -0.1) is 5.10 Å². The number of ether oxygens (including phenoxy) is 1. The van der Waals surface area contributed by atoms with Crippen LogP contribution in [0.3, 0.4) is 0 Å². The zero-order valence-electron chi connectivity index (χ0n) is 11.5. The smallest absolute Gasteiger partial charge is 0.178 e. The second-order valence-corrected chi connectivity index (χ2v) is 5.04. The molecular formula is C14H18N4O2. The molecular weight excluding hydrogens is 256 g/mol. The third-order valence-corrected chi connectivity index (χ3v) is 3.38. The maximum Gasteiger partial charge on any atom is 0.178 e. The third-order valence-electron chi connectivity index (χ3n) is 3.38. The van der Waals surface area contributed by atoms with Crippen LogP contribution in [0.5, 0.6) is 5.75 Å². The number of fused-ring (bicyclic) bond motifs is 1. The predicted octanol–water partition coefficient (Wildman–Crippen LogP) is 1.38. The largest absolute Gasteiger partial charge is 0.492 e. The van der Waals surface area contributed by atoms with Crippen molar-refractivity contribution >= 4 is 16.7 Å². The number of unbranched alkanes of at least 4 members (excludes halogenated alkanes) is 1. The van der Waals surface area contributed by atoms with Gasteiger partial charge in [-0.1, -0.05) is 13.3 Å². The van der Waals surface area contributed by atoms with E-state index in [2.05, 4.69) is 22.1 Å². The first-order valence-corrected chi connectivity index (χ1v) is 6.95. The van der Waals surface area contributed by atoms with Crippen molar-refractivity contribution < 1.29 is 9.84 Å². The van der Waals surface area contributed by atoms with Gasteiger partial charge in [0.15, 0.2) is 5.82 Å². The van der Waals surface area contributed by atoms with Crippen LogP contribution in [0.2, 0.25) is 0 Å². The number of nitrogens with zero attached hydrogens (tertiary/aromatic N) is 4. The lowest BCUT2D eigenvalue weighted by Gasteiger charge is -2.36. The van der Waals surface area contributed by atoms with Crippen LogP contribution in [0, 0.1) is 0 Å². The van der Waals surface area contributed by atoms with Crippen molar-refractivity contribution in [3.63, 3.8) is 0 Å². The van der Waals surface area contributed by atoms with E-state index in [9.17, 15) is 5.11 Å². The summed E-state index contributed by atoms with van der Waals surface area (Å²) in [4.78, 5) is 6.41. The van der Waals surface area contributed by atoms with Crippen LogP contribution in [0.25, 0.3) is 10.9 Å². The minimum Gasteiger partial charge on any atom is -0.492 e. The number of β-amino-alcohol motifs (C(OH)–C–C–N with tert-alkyl or cyclic N) is 1. The van der Waals surface area contributed by atoms with Crippen LogP contribution in [0.15, 0.2) is 18.5 Å². The van der Waals surface area contributed by atoms with E-state index < -0.39 is 0 Å². The highest BCUT2D eigenvalue weighted by molar-refractivity contribution is 5.88. The highest BCUT2D eigenvalue weighted by Gasteiger charge is 2.27. The summed E-state index contributed by atoms with van der Waals surface area (Å²) < 4.78 is 5.65. The normalized spacial score (nSPS) is 15.4. The molecule has 0 saturated carbocycles. The monoisotopic (exact) mass is 274 g/mol. The minimum atomic E-state index is -0.274. The van der Waals surface area contributed by atoms with E-state index in [1.54, 1.807) is 12.4 Å². The molecule has 0 aliphatic carbocycles. The van der Waals surface area contributed by atoms with Gasteiger partial charge in [-0.25, -0.2) is 4.98 Å². The number of hydrogen-bond acceptors (Lipinski definition) is 6. The lowest BCUT2D eigenvalue weighted by atomic mass is 10.1. The van der Waals surface area contributed by atoms with Gasteiger partial charge in [-0.05, 0) is 12.5 Å². The van der Waals surface area contributed by atoms with Crippen molar-refractivity contribution in [2.24, 2.45) is 0 Å². The molecule has 1 saturated heterocycles. The highest BCUT2D eigenvalue weighted by Crippen LogP contribution is 2.27. The number of aliphatic hydroxyl groups excluding tert-OH is 1. The third kappa shape index (κ3) is 2.51. The molecule has 20 heavy (non-hydrogen) atoms. The molecule has 3 rings (SSSR count). The number of rotatable bonds is 5. The Morgan fingerprint density at radius 2 is 2.25 bits per heavy atom. The van der Waals surface area contributed by atoms with E-state index in [4.69, 9.17) is 4.74 Å². The molecule has 0 aromatic carbocycles. The van der Waals surface area contributed by atoms with Crippen LogP contribution in [-0.2, 0) is 0 Å². The molecule has 0 amide bonds. The van der Waals surface area contributed by atoms with Crippen LogP contribution >= 0.6 is 0 Å². The van der Waals surface area contributed by atoms with Crippen molar-refractivity contribution in [3.05, 3.63) is 18.5 Å². The summed E-state index contributed by atoms with van der Waals surface area (Å²) in [7, 11) is 0. The molecule has 0 spiro atoms. The first-order chi connectivity index (χ1) is 9.78. The number of aromatic nitrogens is 3. The molecule has 0 radical (unpaired) electrons. The zero-order valence-corrected chi connectivity index (χ0v) is 11.5. The fraction of sp³-hybridized carbons (Fsp3) is 0.500. The van der Waals surface area contributed by atoms with Crippen molar-refractivity contribution in [1.82, 2.24) is 15.2 Å². The molecule has 2 aromatic heterocycles. The van der Waals surface area contributed by atoms with Gasteiger partial charge in [0.1, 0.15) is 11.3 Å². The van der Waals surface area contributed by atoms with Gasteiger partial charge < -0.3 is 14.7 Å². The predicted molar refractivity (Wildman–Crippen MR) is 76.0 cm³/mol. The highest BCUT2D eigenvalue weighted by atomic mass is 16.5. The van der Waals surface area contributed by atoms with Gasteiger partial charge in [-0.3, -0.25) is 0 Å². The Bertz CT molecular complexity index is 599. The molecule has 6 heteroatoms. The molecule has 1 N–H and O–H groups in total. The number of aliphatic hydroxyl groups is 1. The second-order valence-electron chi connectivity index (χ2n) is 5.04. The van der Waals surface area contributed by atoms with Gasteiger partial charge in [-0.2, -0.15) is 5.10 Å². The molecule has 1 fully saturated rings. The fourth-order valence-corrected chi connectivity index (χ4v) is 2.19. The topological polar surface area (TPSA) is 71.4 Å². The average Bonchev–Trinajstić information content (AvgIpc) is 2.43. The van der Waals surface area contributed by atoms with Crippen molar-refractivity contribution in [2.75, 3.05) is 24.6 Å². The summed E-state index contributed by atoms with van der Waals surface area (Å²) >= 11 is 0. The van der Waals surface area contributed by atoms with E-state index >= 15 is 0 Å². The maximum atomic E-state index is 9.39. The Balaban J connectivity index is 1.84. The Morgan fingerprint density at radius 3 is 3.00 bits per heavy atom. The van der Waals surface area contributed by atoms with Crippen molar-refractivity contribution in [2.45, 2.75) is 25.9 Å². The Morgan fingerprint density at radius 1 is 1.40 bits per heavy atom. The Hall–Kier alpha value is -1.95. The van der Waals surface area contributed by atoms with Crippen LogP contribution in [-0.4, -0.2) is 46.1 Å². The molecule has 6 nitrogen and oxygen atoms in total. The zero-order chi connectivity index (χ0) is 13.9. The Labute approximate surface area is 117 Å². The number of pyridine rings is 1. The van der Waals surface area contributed by atoms with Gasteiger partial charge in [0.05, 0.1) is 25.1 Å². The lowest BCUT2D eigenvalue weighted by molar-refractivity contribution is 0.141. The molecule has 2 aromatic rings. The van der Waals surface area contributed by atoms with Crippen molar-refractivity contribution in [3.8, 4) is 5.75 Å². The van der Waals surface area contributed by atoms with Crippen molar-refractivity contribution in [1.29, 1.82) is 0 Å². The summed E-state index contributed by atoms with van der Waals surface area (Å²) in [6, 6.07) is 1.94. The van der Waals surface area contributed by atoms with Gasteiger partial charge in [0.25, 0.3) is 0 Å². The summed E-state index contributed by atoms with van der Waals surface area (Å²) in [5.41, 5.74) is 0.801. The number of hydrogen-bond donors (Lipinski definition) is 1. The van der Waals surface area contributed by atoms with E-state index in [1.807, 2.05) is 11.0 Å².